The van der Waals surface area contributed by atoms with Gasteiger partial charge in [-0.15, -0.1) is 0 Å². The van der Waals surface area contributed by atoms with Crippen molar-refractivity contribution in [1.82, 2.24) is 4.90 Å². The van der Waals surface area contributed by atoms with Crippen molar-refractivity contribution in [2.75, 3.05) is 21.2 Å². The number of carbonyl (C=O) groups is 2. The fourth-order valence-electron chi connectivity index (χ4n) is 1.03. The number of benzene rings is 1. The smallest absolute Gasteiger partial charge is 0.414 e. The number of hydrogen-bond donors (Lipinski definition) is 0. The molecule has 5 nitrogen and oxygen atoms in total. The van der Waals surface area contributed by atoms with Gasteiger partial charge >= 0.3 is 6.09 Å². The lowest BCUT2D eigenvalue weighted by Crippen LogP contribution is -2.25. The van der Waals surface area contributed by atoms with E-state index in [0.717, 1.165) is 0 Å². The van der Waals surface area contributed by atoms with Gasteiger partial charge in [0.05, 0.1) is 7.11 Å². The molecule has 0 aromatic heterocycles. The van der Waals surface area contributed by atoms with Crippen LogP contribution >= 0.6 is 0 Å². The van der Waals surface area contributed by atoms with Crippen molar-refractivity contribution in [3.05, 3.63) is 23.8 Å². The summed E-state index contributed by atoms with van der Waals surface area (Å²) < 4.78 is 10.1. The van der Waals surface area contributed by atoms with Crippen LogP contribution in [0.25, 0.3) is 0 Å². The van der Waals surface area contributed by atoms with E-state index >= 15 is 0 Å². The molecule has 1 rings (SSSR count). The Bertz CT molecular complexity index is 401. The van der Waals surface area contributed by atoms with E-state index in [-0.39, 0.29) is 5.75 Å². The topological polar surface area (TPSA) is 55.8 Å². The molecule has 0 N–H and O–H groups in total. The second-order valence-electron chi connectivity index (χ2n) is 3.29. The Morgan fingerprint density at radius 3 is 2.50 bits per heavy atom. The molecule has 1 aromatic carbocycles. The summed E-state index contributed by atoms with van der Waals surface area (Å²) in [5.74, 6) is 0.631. The van der Waals surface area contributed by atoms with Gasteiger partial charge in [0.2, 0.25) is 0 Å². The minimum Gasteiger partial charge on any atom is -0.493 e. The van der Waals surface area contributed by atoms with Crippen molar-refractivity contribution in [1.29, 1.82) is 0 Å². The zero-order valence-electron chi connectivity index (χ0n) is 9.39. The van der Waals surface area contributed by atoms with E-state index in [9.17, 15) is 9.59 Å². The number of hydrogen-bond acceptors (Lipinski definition) is 4. The molecule has 0 atom stereocenters. The molecule has 0 radical (unpaired) electrons. The molecule has 1 amide bonds. The number of amides is 1. The largest absolute Gasteiger partial charge is 0.493 e. The lowest BCUT2D eigenvalue weighted by molar-refractivity contribution is 0.112. The first-order valence-corrected chi connectivity index (χ1v) is 4.61. The Balaban J connectivity index is 3.00. The molecular weight excluding hydrogens is 210 g/mol. The van der Waals surface area contributed by atoms with Gasteiger partial charge in [-0.3, -0.25) is 4.79 Å². The predicted molar refractivity (Wildman–Crippen MR) is 58.1 cm³/mol. The fraction of sp³-hybridized carbons (Fsp3) is 0.273. The third kappa shape index (κ3) is 2.73. The van der Waals surface area contributed by atoms with Crippen molar-refractivity contribution < 1.29 is 19.1 Å². The number of carbonyl (C=O) groups excluding carboxylic acids is 2. The molecule has 86 valence electrons. The average molecular weight is 223 g/mol. The summed E-state index contributed by atoms with van der Waals surface area (Å²) in [6, 6.07) is 4.61. The molecule has 1 aromatic rings. The molecule has 0 aliphatic carbocycles. The molecule has 0 saturated heterocycles. The summed E-state index contributed by atoms with van der Waals surface area (Å²) in [6.07, 6.45) is 0.147. The zero-order chi connectivity index (χ0) is 12.1. The third-order valence-corrected chi connectivity index (χ3v) is 1.89. The molecular formula is C11H13NO4. The molecule has 0 fully saturated rings. The summed E-state index contributed by atoms with van der Waals surface area (Å²) in [5.41, 5.74) is 0.419. The Kier molecular flexibility index (Phi) is 3.88. The highest BCUT2D eigenvalue weighted by molar-refractivity contribution is 5.78. The van der Waals surface area contributed by atoms with Gasteiger partial charge in [0.25, 0.3) is 0 Å². The lowest BCUT2D eigenvalue weighted by Gasteiger charge is -2.13. The summed E-state index contributed by atoms with van der Waals surface area (Å²) in [4.78, 5) is 23.2. The van der Waals surface area contributed by atoms with E-state index in [1.807, 2.05) is 0 Å². The van der Waals surface area contributed by atoms with Crippen LogP contribution in [-0.2, 0) is 0 Å². The fourth-order valence-corrected chi connectivity index (χ4v) is 1.03. The number of rotatable bonds is 3. The molecule has 0 heterocycles. The highest BCUT2D eigenvalue weighted by Gasteiger charge is 2.12. The molecule has 0 spiro atoms. The Labute approximate surface area is 93.6 Å². The van der Waals surface area contributed by atoms with Crippen LogP contribution in [0.5, 0.6) is 11.5 Å². The Morgan fingerprint density at radius 1 is 1.31 bits per heavy atom. The van der Waals surface area contributed by atoms with Crippen molar-refractivity contribution in [2.45, 2.75) is 0 Å². The van der Waals surface area contributed by atoms with Crippen LogP contribution in [0.4, 0.5) is 4.79 Å². The second kappa shape index (κ2) is 5.16. The average Bonchev–Trinajstić information content (AvgIpc) is 2.28. The zero-order valence-corrected chi connectivity index (χ0v) is 9.39. The number of methoxy groups -OCH3 is 1. The molecule has 16 heavy (non-hydrogen) atoms. The van der Waals surface area contributed by atoms with Crippen molar-refractivity contribution >= 4 is 12.4 Å². The lowest BCUT2D eigenvalue weighted by atomic mass is 10.2. The number of nitrogens with zero attached hydrogens (tertiary/aromatic N) is 1. The highest BCUT2D eigenvalue weighted by Crippen LogP contribution is 2.27. The van der Waals surface area contributed by atoms with Crippen LogP contribution in [0.15, 0.2) is 18.2 Å². The maximum atomic E-state index is 11.3. The van der Waals surface area contributed by atoms with Gasteiger partial charge < -0.3 is 14.4 Å². The third-order valence-electron chi connectivity index (χ3n) is 1.89. The minimum absolute atomic E-state index is 0.228. The van der Waals surface area contributed by atoms with E-state index in [1.165, 1.54) is 18.1 Å². The standard InChI is InChI=1S/C11H13NO4/c1-12(2)11(14)16-10-6-8(7-13)4-5-9(10)15-3/h4-7H,1-3H3. The quantitative estimate of drug-likeness (QED) is 0.730. The first-order valence-electron chi connectivity index (χ1n) is 4.61. The first-order chi connectivity index (χ1) is 7.58. The SMILES string of the molecule is COc1ccc(C=O)cc1OC(=O)N(C)C. The number of ether oxygens (including phenoxy) is 2. The van der Waals surface area contributed by atoms with Crippen LogP contribution in [-0.4, -0.2) is 38.5 Å². The number of aldehydes is 1. The molecule has 0 aliphatic rings. The van der Waals surface area contributed by atoms with Crippen molar-refractivity contribution in [3.8, 4) is 11.5 Å². The van der Waals surface area contributed by atoms with Crippen LogP contribution in [0.3, 0.4) is 0 Å². The van der Waals surface area contributed by atoms with Gasteiger partial charge in [0.15, 0.2) is 11.5 Å². The maximum absolute atomic E-state index is 11.3. The monoisotopic (exact) mass is 223 g/mol. The van der Waals surface area contributed by atoms with E-state index < -0.39 is 6.09 Å². The van der Waals surface area contributed by atoms with Gasteiger partial charge in [-0.1, -0.05) is 0 Å². The van der Waals surface area contributed by atoms with E-state index in [4.69, 9.17) is 9.47 Å². The normalized spacial score (nSPS) is 9.44. The summed E-state index contributed by atoms with van der Waals surface area (Å²) >= 11 is 0. The van der Waals surface area contributed by atoms with Crippen LogP contribution in [0.2, 0.25) is 0 Å². The van der Waals surface area contributed by atoms with Crippen LogP contribution < -0.4 is 9.47 Å². The van der Waals surface area contributed by atoms with Gasteiger partial charge in [0.1, 0.15) is 6.29 Å². The predicted octanol–water partition coefficient (Wildman–Crippen LogP) is 1.57. The Morgan fingerprint density at radius 2 is 2.00 bits per heavy atom. The van der Waals surface area contributed by atoms with Crippen molar-refractivity contribution in [2.24, 2.45) is 0 Å². The summed E-state index contributed by atoms with van der Waals surface area (Å²) in [5, 5.41) is 0. The molecule has 0 saturated carbocycles. The van der Waals surface area contributed by atoms with Crippen LogP contribution in [0.1, 0.15) is 10.4 Å². The second-order valence-corrected chi connectivity index (χ2v) is 3.29. The molecule has 0 aliphatic heterocycles. The van der Waals surface area contributed by atoms with Crippen molar-refractivity contribution in [3.63, 3.8) is 0 Å². The minimum atomic E-state index is -0.527. The molecule has 5 heteroatoms. The summed E-state index contributed by atoms with van der Waals surface area (Å²) in [6.45, 7) is 0. The van der Waals surface area contributed by atoms with E-state index in [2.05, 4.69) is 0 Å². The van der Waals surface area contributed by atoms with Gasteiger partial charge in [0, 0.05) is 19.7 Å². The molecule has 0 bridgehead atoms. The van der Waals surface area contributed by atoms with Gasteiger partial charge in [-0.25, -0.2) is 4.79 Å². The first kappa shape index (κ1) is 12.0. The van der Waals surface area contributed by atoms with E-state index in [1.54, 1.807) is 26.2 Å². The Hall–Kier alpha value is -2.04. The summed E-state index contributed by atoms with van der Waals surface area (Å²) in [7, 11) is 4.60. The van der Waals surface area contributed by atoms with Gasteiger partial charge in [-0.05, 0) is 18.2 Å². The maximum Gasteiger partial charge on any atom is 0.414 e. The van der Waals surface area contributed by atoms with Crippen LogP contribution in [0, 0.1) is 0 Å². The highest BCUT2D eigenvalue weighted by atomic mass is 16.6. The molecule has 0 unspecified atom stereocenters. The van der Waals surface area contributed by atoms with E-state index in [0.29, 0.717) is 17.6 Å². The van der Waals surface area contributed by atoms with Gasteiger partial charge in [-0.2, -0.15) is 0 Å².